The number of non-ortho nitro benzene ring substituents is 1. The molecule has 8 heteroatoms. The lowest BCUT2D eigenvalue weighted by Crippen LogP contribution is -2.09. The Morgan fingerprint density at radius 1 is 1.08 bits per heavy atom. The van der Waals surface area contributed by atoms with Crippen LogP contribution in [-0.2, 0) is 11.2 Å². The van der Waals surface area contributed by atoms with Crippen molar-refractivity contribution >= 4 is 17.3 Å². The minimum absolute atomic E-state index is 0.211. The minimum Gasteiger partial charge on any atom is -0.416 e. The molecular formula is C18H24N2O6. The summed E-state index contributed by atoms with van der Waals surface area (Å²) in [5.41, 5.74) is -0.652. The van der Waals surface area contributed by atoms with Crippen molar-refractivity contribution in [3.63, 3.8) is 0 Å². The van der Waals surface area contributed by atoms with E-state index in [-0.39, 0.29) is 11.4 Å². The van der Waals surface area contributed by atoms with Crippen LogP contribution in [0.1, 0.15) is 57.9 Å². The number of ether oxygens (including phenoxy) is 1. The molecule has 0 bridgehead atoms. The minimum atomic E-state index is -0.768. The topological polar surface area (TPSA) is 113 Å². The molecule has 0 aliphatic rings. The molecule has 1 rings (SSSR count). The molecule has 0 N–H and O–H groups in total. The molecule has 0 amide bonds. The molecule has 0 aromatic heterocycles. The largest absolute Gasteiger partial charge is 0.416 e. The van der Waals surface area contributed by atoms with Crippen LogP contribution in [0.3, 0.4) is 0 Å². The third-order valence-corrected chi connectivity index (χ3v) is 3.84. The lowest BCUT2D eigenvalue weighted by molar-refractivity contribution is -0.394. The van der Waals surface area contributed by atoms with E-state index in [0.29, 0.717) is 18.4 Å². The van der Waals surface area contributed by atoms with Crippen molar-refractivity contribution in [3.05, 3.63) is 50.1 Å². The van der Waals surface area contributed by atoms with Crippen molar-refractivity contribution in [3.8, 4) is 5.75 Å². The quantitative estimate of drug-likeness (QED) is 0.138. The number of aryl methyl sites for hydroxylation is 1. The van der Waals surface area contributed by atoms with Gasteiger partial charge in [-0.3, -0.25) is 20.2 Å². The Balaban J connectivity index is 3.10. The first-order chi connectivity index (χ1) is 12.4. The summed E-state index contributed by atoms with van der Waals surface area (Å²) in [5.74, 6) is -0.967. The van der Waals surface area contributed by atoms with Gasteiger partial charge in [-0.05, 0) is 19.8 Å². The molecule has 0 fully saturated rings. The second-order valence-electron chi connectivity index (χ2n) is 5.91. The molecular weight excluding hydrogens is 340 g/mol. The molecule has 0 saturated carbocycles. The van der Waals surface area contributed by atoms with Crippen molar-refractivity contribution in [2.24, 2.45) is 0 Å². The monoisotopic (exact) mass is 364 g/mol. The smallest absolute Gasteiger partial charge is 0.336 e. The first-order valence-corrected chi connectivity index (χ1v) is 8.70. The SMILES string of the molecule is C/C=C/C(=O)Oc1c(CCCCCCCC)cc([N+](=O)[O-])cc1[N+](=O)[O-]. The van der Waals surface area contributed by atoms with E-state index in [1.165, 1.54) is 12.1 Å². The molecule has 0 spiro atoms. The number of hydrogen-bond donors (Lipinski definition) is 0. The van der Waals surface area contributed by atoms with Crippen LogP contribution in [0.4, 0.5) is 11.4 Å². The molecule has 0 unspecified atom stereocenters. The van der Waals surface area contributed by atoms with Crippen LogP contribution in [0, 0.1) is 20.2 Å². The van der Waals surface area contributed by atoms with E-state index in [0.717, 1.165) is 44.2 Å². The fourth-order valence-electron chi connectivity index (χ4n) is 2.57. The predicted molar refractivity (Wildman–Crippen MR) is 97.3 cm³/mol. The summed E-state index contributed by atoms with van der Waals surface area (Å²) in [6.07, 6.45) is 8.97. The Bertz CT molecular complexity index is 685. The first-order valence-electron chi connectivity index (χ1n) is 8.70. The van der Waals surface area contributed by atoms with Gasteiger partial charge < -0.3 is 4.74 Å². The van der Waals surface area contributed by atoms with E-state index in [2.05, 4.69) is 6.92 Å². The summed E-state index contributed by atoms with van der Waals surface area (Å²) >= 11 is 0. The Hall–Kier alpha value is -2.77. The molecule has 142 valence electrons. The number of allylic oxidation sites excluding steroid dienone is 1. The molecule has 0 aliphatic heterocycles. The van der Waals surface area contributed by atoms with Crippen LogP contribution >= 0.6 is 0 Å². The van der Waals surface area contributed by atoms with Crippen LogP contribution in [-0.4, -0.2) is 15.8 Å². The Kier molecular flexibility index (Phi) is 8.97. The lowest BCUT2D eigenvalue weighted by Gasteiger charge is -2.10. The lowest BCUT2D eigenvalue weighted by atomic mass is 10.0. The normalized spacial score (nSPS) is 10.8. The summed E-state index contributed by atoms with van der Waals surface area (Å²) in [7, 11) is 0. The number of nitrogens with zero attached hydrogens (tertiary/aromatic N) is 2. The summed E-state index contributed by atoms with van der Waals surface area (Å²) < 4.78 is 5.12. The summed E-state index contributed by atoms with van der Waals surface area (Å²) in [6.45, 7) is 3.73. The highest BCUT2D eigenvalue weighted by Crippen LogP contribution is 2.36. The molecule has 0 atom stereocenters. The van der Waals surface area contributed by atoms with Crippen LogP contribution in [0.25, 0.3) is 0 Å². The van der Waals surface area contributed by atoms with E-state index in [9.17, 15) is 25.0 Å². The zero-order chi connectivity index (χ0) is 19.5. The van der Waals surface area contributed by atoms with Crippen molar-refractivity contribution in [1.29, 1.82) is 0 Å². The molecule has 0 aliphatic carbocycles. The third kappa shape index (κ3) is 6.62. The van der Waals surface area contributed by atoms with Gasteiger partial charge in [0.1, 0.15) is 0 Å². The predicted octanol–water partition coefficient (Wildman–Crippen LogP) is 4.89. The Morgan fingerprint density at radius 3 is 2.31 bits per heavy atom. The molecule has 1 aromatic carbocycles. The zero-order valence-corrected chi connectivity index (χ0v) is 15.1. The van der Waals surface area contributed by atoms with Crippen LogP contribution in [0.2, 0.25) is 0 Å². The number of rotatable bonds is 11. The van der Waals surface area contributed by atoms with Crippen LogP contribution in [0.15, 0.2) is 24.3 Å². The average Bonchev–Trinajstić information content (AvgIpc) is 2.58. The van der Waals surface area contributed by atoms with Gasteiger partial charge in [0.2, 0.25) is 5.75 Å². The molecule has 8 nitrogen and oxygen atoms in total. The zero-order valence-electron chi connectivity index (χ0n) is 15.1. The van der Waals surface area contributed by atoms with E-state index in [1.54, 1.807) is 6.92 Å². The number of carbonyl (C=O) groups is 1. The second kappa shape index (κ2) is 11.0. The van der Waals surface area contributed by atoms with Gasteiger partial charge in [0.25, 0.3) is 5.69 Å². The summed E-state index contributed by atoms with van der Waals surface area (Å²) in [6, 6.07) is 2.07. The maximum Gasteiger partial charge on any atom is 0.336 e. The standard InChI is InChI=1S/C18H24N2O6/c1-3-5-6-7-8-9-11-14-12-15(19(22)23)13-16(20(24)25)18(14)26-17(21)10-4-2/h4,10,12-13H,3,5-9,11H2,1-2H3/b10-4+. The Morgan fingerprint density at radius 2 is 1.73 bits per heavy atom. The van der Waals surface area contributed by atoms with Crippen LogP contribution in [0.5, 0.6) is 5.75 Å². The van der Waals surface area contributed by atoms with Gasteiger partial charge in [-0.1, -0.05) is 45.1 Å². The number of hydrogen-bond acceptors (Lipinski definition) is 6. The van der Waals surface area contributed by atoms with Crippen molar-refractivity contribution < 1.29 is 19.4 Å². The van der Waals surface area contributed by atoms with Crippen molar-refractivity contribution in [1.82, 2.24) is 0 Å². The highest BCUT2D eigenvalue weighted by Gasteiger charge is 2.26. The van der Waals surface area contributed by atoms with Gasteiger partial charge in [-0.25, -0.2) is 4.79 Å². The van der Waals surface area contributed by atoms with E-state index in [4.69, 9.17) is 4.74 Å². The van der Waals surface area contributed by atoms with E-state index < -0.39 is 21.5 Å². The second-order valence-corrected chi connectivity index (χ2v) is 5.91. The van der Waals surface area contributed by atoms with E-state index >= 15 is 0 Å². The number of nitro groups is 2. The van der Waals surface area contributed by atoms with Gasteiger partial charge in [0.15, 0.2) is 0 Å². The van der Waals surface area contributed by atoms with Crippen molar-refractivity contribution in [2.45, 2.75) is 58.8 Å². The Labute approximate surface area is 152 Å². The fourth-order valence-corrected chi connectivity index (χ4v) is 2.57. The number of benzene rings is 1. The number of unbranched alkanes of at least 4 members (excludes halogenated alkanes) is 5. The van der Waals surface area contributed by atoms with Gasteiger partial charge >= 0.3 is 11.7 Å². The highest BCUT2D eigenvalue weighted by molar-refractivity contribution is 5.85. The molecule has 0 heterocycles. The highest BCUT2D eigenvalue weighted by atomic mass is 16.6. The fraction of sp³-hybridized carbons (Fsp3) is 0.500. The van der Waals surface area contributed by atoms with E-state index in [1.807, 2.05) is 0 Å². The maximum absolute atomic E-state index is 11.7. The molecule has 0 radical (unpaired) electrons. The molecule has 26 heavy (non-hydrogen) atoms. The summed E-state index contributed by atoms with van der Waals surface area (Å²) in [4.78, 5) is 32.7. The average molecular weight is 364 g/mol. The molecule has 1 aromatic rings. The first kappa shape index (κ1) is 21.3. The number of esters is 1. The van der Waals surface area contributed by atoms with Gasteiger partial charge in [0.05, 0.1) is 15.9 Å². The van der Waals surface area contributed by atoms with Crippen molar-refractivity contribution in [2.75, 3.05) is 0 Å². The van der Waals surface area contributed by atoms with Gasteiger partial charge in [0, 0.05) is 17.7 Å². The summed E-state index contributed by atoms with van der Waals surface area (Å²) in [5, 5.41) is 22.4. The molecule has 0 saturated heterocycles. The number of carbonyl (C=O) groups excluding carboxylic acids is 1. The van der Waals surface area contributed by atoms with Gasteiger partial charge in [-0.15, -0.1) is 0 Å². The van der Waals surface area contributed by atoms with Crippen LogP contribution < -0.4 is 4.74 Å². The van der Waals surface area contributed by atoms with Gasteiger partial charge in [-0.2, -0.15) is 0 Å². The third-order valence-electron chi connectivity index (χ3n) is 3.84. The number of nitro benzene ring substituents is 2. The maximum atomic E-state index is 11.7.